The van der Waals surface area contributed by atoms with E-state index in [9.17, 15) is 14.9 Å². The Labute approximate surface area is 96.9 Å². The maximum Gasteiger partial charge on any atom is 0.315 e. The first-order valence-electron chi connectivity index (χ1n) is 4.98. The second kappa shape index (κ2) is 4.28. The predicted molar refractivity (Wildman–Crippen MR) is 58.9 cm³/mol. The number of nitrogens with one attached hydrogen (secondary N) is 2. The fraction of sp³-hybridized carbons (Fsp3) is 0.300. The van der Waals surface area contributed by atoms with Crippen LogP contribution in [0, 0.1) is 10.1 Å². The van der Waals surface area contributed by atoms with Crippen molar-refractivity contribution in [3.63, 3.8) is 0 Å². The van der Waals surface area contributed by atoms with E-state index in [2.05, 4.69) is 10.6 Å². The lowest BCUT2D eigenvalue weighted by Crippen LogP contribution is -2.21. The molecule has 2 N–H and O–H groups in total. The third-order valence-electron chi connectivity index (χ3n) is 2.57. The van der Waals surface area contributed by atoms with Gasteiger partial charge in [0.15, 0.2) is 5.75 Å². The van der Waals surface area contributed by atoms with E-state index in [4.69, 9.17) is 4.74 Å². The molecule has 0 aliphatic carbocycles. The molecule has 0 unspecified atom stereocenters. The molecule has 1 heterocycles. The fourth-order valence-electron chi connectivity index (χ4n) is 1.72. The van der Waals surface area contributed by atoms with Crippen molar-refractivity contribution in [3.05, 3.63) is 33.9 Å². The predicted octanol–water partition coefficient (Wildman–Crippen LogP) is 0.957. The summed E-state index contributed by atoms with van der Waals surface area (Å²) in [6.07, 6.45) is 0. The minimum atomic E-state index is -0.507. The molecule has 17 heavy (non-hydrogen) atoms. The van der Waals surface area contributed by atoms with Gasteiger partial charge in [0.25, 0.3) is 0 Å². The number of methoxy groups -OCH3 is 1. The third kappa shape index (κ3) is 2.12. The molecule has 1 saturated heterocycles. The molecule has 1 aliphatic heterocycles. The van der Waals surface area contributed by atoms with Crippen molar-refractivity contribution in [2.75, 3.05) is 13.7 Å². The van der Waals surface area contributed by atoms with Crippen LogP contribution in [0.5, 0.6) is 5.75 Å². The minimum Gasteiger partial charge on any atom is -0.490 e. The van der Waals surface area contributed by atoms with Gasteiger partial charge in [0.05, 0.1) is 18.1 Å². The number of nitrogens with zero attached hydrogens (tertiary/aromatic N) is 1. The summed E-state index contributed by atoms with van der Waals surface area (Å²) in [7, 11) is 1.38. The molecule has 1 aliphatic rings. The van der Waals surface area contributed by atoms with E-state index >= 15 is 0 Å². The molecule has 1 aromatic rings. The number of ether oxygens (including phenoxy) is 1. The molecule has 0 spiro atoms. The van der Waals surface area contributed by atoms with Crippen LogP contribution in [-0.2, 0) is 0 Å². The second-order valence-corrected chi connectivity index (χ2v) is 3.60. The zero-order valence-corrected chi connectivity index (χ0v) is 9.10. The molecule has 1 aromatic carbocycles. The Bertz CT molecular complexity index is 475. The lowest BCUT2D eigenvalue weighted by atomic mass is 10.1. The number of amides is 2. The van der Waals surface area contributed by atoms with Crippen molar-refractivity contribution in [1.82, 2.24) is 10.6 Å². The number of nitro groups is 1. The maximum atomic E-state index is 11.0. The van der Waals surface area contributed by atoms with Crippen LogP contribution in [-0.4, -0.2) is 24.6 Å². The highest BCUT2D eigenvalue weighted by Gasteiger charge is 2.24. The largest absolute Gasteiger partial charge is 0.490 e. The highest BCUT2D eigenvalue weighted by Crippen LogP contribution is 2.30. The van der Waals surface area contributed by atoms with Crippen molar-refractivity contribution in [1.29, 1.82) is 0 Å². The van der Waals surface area contributed by atoms with Gasteiger partial charge in [0.2, 0.25) is 0 Å². The first-order chi connectivity index (χ1) is 8.11. The van der Waals surface area contributed by atoms with Gasteiger partial charge in [-0.15, -0.1) is 0 Å². The van der Waals surface area contributed by atoms with E-state index in [0.717, 1.165) is 0 Å². The third-order valence-corrected chi connectivity index (χ3v) is 2.57. The molecule has 0 saturated carbocycles. The van der Waals surface area contributed by atoms with Crippen molar-refractivity contribution >= 4 is 11.7 Å². The normalized spacial score (nSPS) is 18.4. The zero-order chi connectivity index (χ0) is 12.4. The Balaban J connectivity index is 2.33. The SMILES string of the molecule is COc1ccc([C@@H]2CNC(=O)N2)cc1[N+](=O)[O-]. The number of benzene rings is 1. The number of hydrogen-bond acceptors (Lipinski definition) is 4. The van der Waals surface area contributed by atoms with Crippen LogP contribution < -0.4 is 15.4 Å². The molecule has 1 atom stereocenters. The van der Waals surface area contributed by atoms with Gasteiger partial charge in [0.1, 0.15) is 0 Å². The van der Waals surface area contributed by atoms with Crippen LogP contribution in [0.3, 0.4) is 0 Å². The minimum absolute atomic E-state index is 0.105. The lowest BCUT2D eigenvalue weighted by Gasteiger charge is -2.10. The molecule has 2 amide bonds. The molecule has 0 bridgehead atoms. The second-order valence-electron chi connectivity index (χ2n) is 3.60. The smallest absolute Gasteiger partial charge is 0.315 e. The molecule has 0 radical (unpaired) electrons. The van der Waals surface area contributed by atoms with Crippen LogP contribution >= 0.6 is 0 Å². The van der Waals surface area contributed by atoms with Crippen LogP contribution in [0.1, 0.15) is 11.6 Å². The first-order valence-corrected chi connectivity index (χ1v) is 4.98. The number of nitro benzene ring substituents is 1. The maximum absolute atomic E-state index is 11.0. The molecule has 7 nitrogen and oxygen atoms in total. The Morgan fingerprint density at radius 2 is 2.29 bits per heavy atom. The van der Waals surface area contributed by atoms with Crippen LogP contribution in [0.2, 0.25) is 0 Å². The van der Waals surface area contributed by atoms with Gasteiger partial charge in [0, 0.05) is 12.6 Å². The summed E-state index contributed by atoms with van der Waals surface area (Å²) in [4.78, 5) is 21.3. The van der Waals surface area contributed by atoms with Gasteiger partial charge < -0.3 is 15.4 Å². The number of carbonyl (C=O) groups excluding carboxylic acids is 1. The van der Waals surface area contributed by atoms with Crippen LogP contribution in [0.15, 0.2) is 18.2 Å². The molecule has 1 fully saturated rings. The molecule has 7 heteroatoms. The molecule has 0 aromatic heterocycles. The summed E-state index contributed by atoms with van der Waals surface area (Å²) in [6, 6.07) is 4.12. The van der Waals surface area contributed by atoms with E-state index in [1.807, 2.05) is 0 Å². The topological polar surface area (TPSA) is 93.5 Å². The zero-order valence-electron chi connectivity index (χ0n) is 9.10. The van der Waals surface area contributed by atoms with Gasteiger partial charge in [-0.2, -0.15) is 0 Å². The van der Waals surface area contributed by atoms with Crippen LogP contribution in [0.25, 0.3) is 0 Å². The summed E-state index contributed by atoms with van der Waals surface area (Å²) in [5.41, 5.74) is 0.571. The monoisotopic (exact) mass is 237 g/mol. The standard InChI is InChI=1S/C10H11N3O4/c1-17-9-3-2-6(4-8(9)13(15)16)7-5-11-10(14)12-7/h2-4,7H,5H2,1H3,(H2,11,12,14)/t7-/m0/s1. The highest BCUT2D eigenvalue weighted by atomic mass is 16.6. The Morgan fingerprint density at radius 3 is 2.82 bits per heavy atom. The average molecular weight is 237 g/mol. The van der Waals surface area contributed by atoms with Gasteiger partial charge in [-0.25, -0.2) is 4.79 Å². The number of hydrogen-bond donors (Lipinski definition) is 2. The van der Waals surface area contributed by atoms with Gasteiger partial charge in [-0.05, 0) is 11.6 Å². The van der Waals surface area contributed by atoms with E-state index in [1.54, 1.807) is 6.07 Å². The van der Waals surface area contributed by atoms with Crippen LogP contribution in [0.4, 0.5) is 10.5 Å². The number of carbonyl (C=O) groups is 1. The highest BCUT2D eigenvalue weighted by molar-refractivity contribution is 5.77. The molecule has 90 valence electrons. The van der Waals surface area contributed by atoms with Gasteiger partial charge >= 0.3 is 11.7 Å². The van der Waals surface area contributed by atoms with Crippen molar-refractivity contribution in [2.24, 2.45) is 0 Å². The summed E-state index contributed by atoms with van der Waals surface area (Å²) in [5, 5.41) is 16.1. The summed E-state index contributed by atoms with van der Waals surface area (Å²) in [5.74, 6) is 0.205. The molecule has 2 rings (SSSR count). The van der Waals surface area contributed by atoms with Crippen molar-refractivity contribution in [2.45, 2.75) is 6.04 Å². The van der Waals surface area contributed by atoms with E-state index in [0.29, 0.717) is 12.1 Å². The van der Waals surface area contributed by atoms with Crippen molar-refractivity contribution < 1.29 is 14.5 Å². The summed E-state index contributed by atoms with van der Waals surface area (Å²) >= 11 is 0. The molecular weight excluding hydrogens is 226 g/mol. The van der Waals surface area contributed by atoms with Gasteiger partial charge in [-0.1, -0.05) is 6.07 Å². The molecular formula is C10H11N3O4. The number of urea groups is 1. The number of rotatable bonds is 3. The Morgan fingerprint density at radius 1 is 1.53 bits per heavy atom. The summed E-state index contributed by atoms with van der Waals surface area (Å²) in [6.45, 7) is 0.419. The first kappa shape index (κ1) is 11.2. The van der Waals surface area contributed by atoms with Gasteiger partial charge in [-0.3, -0.25) is 10.1 Å². The Hall–Kier alpha value is -2.31. The average Bonchev–Trinajstić information content (AvgIpc) is 2.75. The summed E-state index contributed by atoms with van der Waals surface area (Å²) < 4.78 is 4.90. The lowest BCUT2D eigenvalue weighted by molar-refractivity contribution is -0.385. The Kier molecular flexibility index (Phi) is 2.82. The fourth-order valence-corrected chi connectivity index (χ4v) is 1.72. The van der Waals surface area contributed by atoms with E-state index in [1.165, 1.54) is 19.2 Å². The van der Waals surface area contributed by atoms with E-state index < -0.39 is 4.92 Å². The van der Waals surface area contributed by atoms with Crippen molar-refractivity contribution in [3.8, 4) is 5.75 Å². The van der Waals surface area contributed by atoms with E-state index in [-0.39, 0.29) is 23.5 Å². The quantitative estimate of drug-likeness (QED) is 0.604.